The normalized spacial score (nSPS) is 13.1. The quantitative estimate of drug-likeness (QED) is 0.332. The Morgan fingerprint density at radius 3 is 2.32 bits per heavy atom. The van der Waals surface area contributed by atoms with E-state index < -0.39 is 29.6 Å². The summed E-state index contributed by atoms with van der Waals surface area (Å²) in [6.07, 6.45) is -4.57. The number of unbranched alkanes of at least 4 members (excludes halogenated alkanes) is 1. The van der Waals surface area contributed by atoms with Gasteiger partial charge in [-0.15, -0.1) is 0 Å². The average Bonchev–Trinajstić information content (AvgIpc) is 2.54. The van der Waals surface area contributed by atoms with Crippen molar-refractivity contribution in [1.82, 2.24) is 5.32 Å². The molecule has 0 bridgehead atoms. The van der Waals surface area contributed by atoms with Crippen molar-refractivity contribution in [3.63, 3.8) is 0 Å². The summed E-state index contributed by atoms with van der Waals surface area (Å²) < 4.78 is 37.9. The molecule has 1 aromatic carbocycles. The summed E-state index contributed by atoms with van der Waals surface area (Å²) in [4.78, 5) is 33.8. The zero-order chi connectivity index (χ0) is 20.8. The first-order chi connectivity index (χ1) is 12.4. The molecule has 1 aromatic rings. The van der Waals surface area contributed by atoms with Gasteiger partial charge >= 0.3 is 35.7 Å². The van der Waals surface area contributed by atoms with Crippen molar-refractivity contribution in [2.45, 2.75) is 38.0 Å². The minimum atomic E-state index is -5.18. The third-order valence-corrected chi connectivity index (χ3v) is 3.88. The molecule has 0 saturated heterocycles. The maximum absolute atomic E-state index is 12.6. The van der Waals surface area contributed by atoms with Gasteiger partial charge in [-0.05, 0) is 44.4 Å². The third kappa shape index (κ3) is 7.59. The van der Waals surface area contributed by atoms with Crippen LogP contribution >= 0.6 is 11.6 Å². The maximum atomic E-state index is 12.6. The van der Waals surface area contributed by atoms with Gasteiger partial charge in [0.25, 0.3) is 11.8 Å². The SMILES string of the molecule is C[C@@](O)(C(=O)Nc1ccc(C(=O)NCCCCC(=O)[O-])cc1Cl)C(F)(F)F.[Na+]. The van der Waals surface area contributed by atoms with Gasteiger partial charge in [-0.2, -0.15) is 13.2 Å². The Bertz CT molecular complexity index is 729. The van der Waals surface area contributed by atoms with E-state index >= 15 is 0 Å². The van der Waals surface area contributed by atoms with Crippen LogP contribution in [0, 0.1) is 0 Å². The molecule has 7 nitrogen and oxygen atoms in total. The van der Waals surface area contributed by atoms with Crippen LogP contribution in [0.2, 0.25) is 5.02 Å². The van der Waals surface area contributed by atoms with Crippen molar-refractivity contribution >= 4 is 35.1 Å². The predicted molar refractivity (Wildman–Crippen MR) is 88.0 cm³/mol. The second-order valence-corrected chi connectivity index (χ2v) is 6.21. The van der Waals surface area contributed by atoms with Crippen LogP contribution in [0.1, 0.15) is 36.5 Å². The Morgan fingerprint density at radius 2 is 1.82 bits per heavy atom. The number of carbonyl (C=O) groups excluding carboxylic acids is 3. The van der Waals surface area contributed by atoms with E-state index in [0.717, 1.165) is 12.1 Å². The minimum Gasteiger partial charge on any atom is -0.550 e. The molecule has 3 N–H and O–H groups in total. The molecule has 0 aliphatic heterocycles. The fraction of sp³-hybridized carbons (Fsp3) is 0.438. The van der Waals surface area contributed by atoms with Gasteiger partial charge in [0, 0.05) is 18.1 Å². The van der Waals surface area contributed by atoms with Crippen molar-refractivity contribution in [2.24, 2.45) is 0 Å². The molecule has 12 heteroatoms. The van der Waals surface area contributed by atoms with Gasteiger partial charge in [0.1, 0.15) is 0 Å². The van der Waals surface area contributed by atoms with Crippen LogP contribution in [0.25, 0.3) is 0 Å². The van der Waals surface area contributed by atoms with E-state index in [-0.39, 0.29) is 58.8 Å². The number of nitrogens with one attached hydrogen (secondary N) is 2. The number of rotatable bonds is 8. The Morgan fingerprint density at radius 1 is 1.21 bits per heavy atom. The number of carboxylic acids is 1. The number of halogens is 4. The predicted octanol–water partition coefficient (Wildman–Crippen LogP) is -1.75. The Hall–Kier alpha value is -1.33. The van der Waals surface area contributed by atoms with E-state index in [2.05, 4.69) is 5.32 Å². The molecule has 28 heavy (non-hydrogen) atoms. The number of amides is 2. The molecule has 0 spiro atoms. The summed E-state index contributed by atoms with van der Waals surface area (Å²) in [5.41, 5.74) is -3.74. The van der Waals surface area contributed by atoms with E-state index in [1.54, 1.807) is 0 Å². The molecule has 150 valence electrons. The van der Waals surface area contributed by atoms with Crippen LogP contribution in [-0.2, 0) is 9.59 Å². The number of hydrogen-bond acceptors (Lipinski definition) is 5. The van der Waals surface area contributed by atoms with Gasteiger partial charge in [-0.3, -0.25) is 9.59 Å². The topological polar surface area (TPSA) is 119 Å². The smallest absolute Gasteiger partial charge is 0.550 e. The van der Waals surface area contributed by atoms with E-state index in [1.165, 1.54) is 6.07 Å². The minimum absolute atomic E-state index is 0. The zero-order valence-corrected chi connectivity index (χ0v) is 17.9. The van der Waals surface area contributed by atoms with Crippen molar-refractivity contribution < 1.29 is 67.3 Å². The fourth-order valence-electron chi connectivity index (χ4n) is 1.83. The summed E-state index contributed by atoms with van der Waals surface area (Å²) >= 11 is 5.87. The summed E-state index contributed by atoms with van der Waals surface area (Å²) in [5, 5.41) is 23.7. The summed E-state index contributed by atoms with van der Waals surface area (Å²) in [5.74, 6) is -3.44. The molecule has 1 atom stereocenters. The Kier molecular flexibility index (Phi) is 10.5. The molecule has 0 heterocycles. The molecule has 0 fully saturated rings. The van der Waals surface area contributed by atoms with Crippen LogP contribution < -0.4 is 45.3 Å². The van der Waals surface area contributed by atoms with E-state index in [1.807, 2.05) is 5.32 Å². The second-order valence-electron chi connectivity index (χ2n) is 5.80. The number of hydrogen-bond donors (Lipinski definition) is 3. The average molecular weight is 433 g/mol. The molecule has 0 aliphatic rings. The van der Waals surface area contributed by atoms with Crippen LogP contribution in [0.4, 0.5) is 18.9 Å². The number of alkyl halides is 3. The third-order valence-electron chi connectivity index (χ3n) is 3.57. The number of aliphatic carboxylic acids is 1. The largest absolute Gasteiger partial charge is 1.00 e. The molecule has 0 saturated carbocycles. The van der Waals surface area contributed by atoms with Gasteiger partial charge < -0.3 is 25.6 Å². The van der Waals surface area contributed by atoms with Crippen LogP contribution in [-0.4, -0.2) is 41.2 Å². The number of anilines is 1. The van der Waals surface area contributed by atoms with Gasteiger partial charge in [0.2, 0.25) is 5.60 Å². The number of carboxylic acid groups (broad SMARTS) is 1. The molecule has 0 aliphatic carbocycles. The molecule has 1 rings (SSSR count). The first kappa shape index (κ1) is 26.7. The van der Waals surface area contributed by atoms with Crippen LogP contribution in [0.3, 0.4) is 0 Å². The first-order valence-corrected chi connectivity index (χ1v) is 8.12. The monoisotopic (exact) mass is 432 g/mol. The van der Waals surface area contributed by atoms with E-state index in [0.29, 0.717) is 19.8 Å². The zero-order valence-electron chi connectivity index (χ0n) is 15.2. The van der Waals surface area contributed by atoms with Gasteiger partial charge in [-0.25, -0.2) is 0 Å². The van der Waals surface area contributed by atoms with Gasteiger partial charge in [0.05, 0.1) is 10.7 Å². The molecule has 0 unspecified atom stereocenters. The molecule has 2 amide bonds. The Balaban J connectivity index is 0.00000729. The molecular formula is C16H17ClF3N2NaO5. The van der Waals surface area contributed by atoms with Crippen molar-refractivity contribution in [1.29, 1.82) is 0 Å². The first-order valence-electron chi connectivity index (χ1n) is 7.74. The summed E-state index contributed by atoms with van der Waals surface area (Å²) in [6.45, 7) is 0.509. The fourth-order valence-corrected chi connectivity index (χ4v) is 2.06. The van der Waals surface area contributed by atoms with Crippen LogP contribution in [0.15, 0.2) is 18.2 Å². The number of carbonyl (C=O) groups is 3. The van der Waals surface area contributed by atoms with Crippen molar-refractivity contribution in [3.05, 3.63) is 28.8 Å². The Labute approximate surface area is 185 Å². The van der Waals surface area contributed by atoms with Gasteiger partial charge in [0.15, 0.2) is 0 Å². The van der Waals surface area contributed by atoms with E-state index in [4.69, 9.17) is 11.6 Å². The van der Waals surface area contributed by atoms with Crippen molar-refractivity contribution in [2.75, 3.05) is 11.9 Å². The molecule has 0 aromatic heterocycles. The maximum Gasteiger partial charge on any atom is 1.00 e. The number of aliphatic hydroxyl groups is 1. The van der Waals surface area contributed by atoms with Gasteiger partial charge in [-0.1, -0.05) is 11.6 Å². The van der Waals surface area contributed by atoms with Crippen LogP contribution in [0.5, 0.6) is 0 Å². The summed E-state index contributed by atoms with van der Waals surface area (Å²) in [6, 6.07) is 3.48. The number of benzene rings is 1. The molecular weight excluding hydrogens is 416 g/mol. The van der Waals surface area contributed by atoms with Crippen molar-refractivity contribution in [3.8, 4) is 0 Å². The standard InChI is InChI=1S/C16H18ClF3N2O5.Na/c1-15(27,16(18,19)20)14(26)22-11-6-5-9(8-10(11)17)13(25)21-7-3-2-4-12(23)24;/h5-6,8,27H,2-4,7H2,1H3,(H,21,25)(H,22,26)(H,23,24);/q;+1/p-1/t15-;/m1./s1. The second kappa shape index (κ2) is 11.0. The van der Waals surface area contributed by atoms with E-state index in [9.17, 15) is 37.8 Å². The molecule has 0 radical (unpaired) electrons. The summed E-state index contributed by atoms with van der Waals surface area (Å²) in [7, 11) is 0.